The highest BCUT2D eigenvalue weighted by Gasteiger charge is 2.00. The largest absolute Gasteiger partial charge is 0.506 e. The van der Waals surface area contributed by atoms with Crippen LogP contribution in [0.15, 0.2) is 23.2 Å². The minimum Gasteiger partial charge on any atom is -0.506 e. The molecule has 66 valence electrons. The van der Waals surface area contributed by atoms with Gasteiger partial charge in [0.1, 0.15) is 11.4 Å². The zero-order valence-corrected chi connectivity index (χ0v) is 7.57. The van der Waals surface area contributed by atoms with E-state index in [1.807, 2.05) is 19.9 Å². The maximum absolute atomic E-state index is 9.41. The lowest BCUT2D eigenvalue weighted by molar-refractivity contribution is 0.476. The van der Waals surface area contributed by atoms with Gasteiger partial charge >= 0.3 is 0 Å². The monoisotopic (exact) mass is 174 g/mol. The van der Waals surface area contributed by atoms with Crippen LogP contribution in [0.4, 0.5) is 5.69 Å². The highest BCUT2D eigenvalue weighted by molar-refractivity contribution is 5.83. The quantitative estimate of drug-likeness (QED) is 0.664. The summed E-state index contributed by atoms with van der Waals surface area (Å²) in [5.41, 5.74) is 1.80. The normalized spacial score (nSPS) is 9.00. The summed E-state index contributed by atoms with van der Waals surface area (Å²) in [5, 5.41) is 18.0. The molecule has 0 aliphatic rings. The van der Waals surface area contributed by atoms with Crippen molar-refractivity contribution in [1.29, 1.82) is 5.26 Å². The highest BCUT2D eigenvalue weighted by atomic mass is 16.3. The number of aliphatic imine (C=N–C) groups is 1. The average Bonchev–Trinajstić information content (AvgIpc) is 2.08. The van der Waals surface area contributed by atoms with E-state index in [0.29, 0.717) is 11.3 Å². The Kier molecular flexibility index (Phi) is 2.65. The lowest BCUT2D eigenvalue weighted by atomic mass is 10.2. The molecule has 0 radical (unpaired) electrons. The van der Waals surface area contributed by atoms with Crippen molar-refractivity contribution in [2.24, 2.45) is 4.99 Å². The molecule has 1 rings (SSSR count). The lowest BCUT2D eigenvalue weighted by Gasteiger charge is -1.99. The van der Waals surface area contributed by atoms with Crippen LogP contribution in [0.1, 0.15) is 19.4 Å². The molecule has 1 aromatic rings. The van der Waals surface area contributed by atoms with Gasteiger partial charge in [-0.05, 0) is 32.0 Å². The Hall–Kier alpha value is -1.82. The van der Waals surface area contributed by atoms with Gasteiger partial charge in [-0.2, -0.15) is 5.26 Å². The fourth-order valence-corrected chi connectivity index (χ4v) is 0.928. The maximum atomic E-state index is 9.41. The van der Waals surface area contributed by atoms with Crippen molar-refractivity contribution < 1.29 is 5.11 Å². The number of benzene rings is 1. The zero-order chi connectivity index (χ0) is 9.84. The Balaban J connectivity index is 3.15. The molecule has 0 bridgehead atoms. The molecule has 0 amide bonds. The van der Waals surface area contributed by atoms with Gasteiger partial charge in [0.05, 0.1) is 11.6 Å². The van der Waals surface area contributed by atoms with Crippen LogP contribution in [0.2, 0.25) is 0 Å². The Bertz CT molecular complexity index is 384. The van der Waals surface area contributed by atoms with Crippen LogP contribution in [-0.4, -0.2) is 10.8 Å². The number of phenolic OH excluding ortho intramolecular Hbond substituents is 1. The second kappa shape index (κ2) is 3.72. The lowest BCUT2D eigenvalue weighted by Crippen LogP contribution is -1.80. The molecule has 1 N–H and O–H groups in total. The summed E-state index contributed by atoms with van der Waals surface area (Å²) in [6, 6.07) is 6.60. The zero-order valence-electron chi connectivity index (χ0n) is 7.57. The number of hydrogen-bond donors (Lipinski definition) is 1. The Morgan fingerprint density at radius 3 is 2.62 bits per heavy atom. The van der Waals surface area contributed by atoms with Crippen LogP contribution in [0.25, 0.3) is 0 Å². The average molecular weight is 174 g/mol. The predicted molar refractivity (Wildman–Crippen MR) is 51.3 cm³/mol. The van der Waals surface area contributed by atoms with Gasteiger partial charge in [0.25, 0.3) is 0 Å². The molecule has 0 spiro atoms. The summed E-state index contributed by atoms with van der Waals surface area (Å²) in [4.78, 5) is 4.09. The van der Waals surface area contributed by atoms with Crippen LogP contribution in [0, 0.1) is 11.3 Å². The molecule has 0 saturated carbocycles. The summed E-state index contributed by atoms with van der Waals surface area (Å²) in [5.74, 6) is 0.0419. The standard InChI is InChI=1S/C10H10N2O/c1-7(2)12-9-4-3-8(6-11)5-10(9)13/h3-5,13H,1-2H3. The van der Waals surface area contributed by atoms with Crippen LogP contribution in [0.5, 0.6) is 5.75 Å². The van der Waals surface area contributed by atoms with E-state index in [1.54, 1.807) is 12.1 Å². The first-order chi connectivity index (χ1) is 6.13. The van der Waals surface area contributed by atoms with Gasteiger partial charge < -0.3 is 5.11 Å². The van der Waals surface area contributed by atoms with E-state index < -0.39 is 0 Å². The number of nitrogens with zero attached hydrogens (tertiary/aromatic N) is 2. The van der Waals surface area contributed by atoms with Crippen LogP contribution < -0.4 is 0 Å². The molecule has 1 aromatic carbocycles. The first-order valence-corrected chi connectivity index (χ1v) is 3.88. The van der Waals surface area contributed by atoms with Gasteiger partial charge in [0, 0.05) is 5.71 Å². The van der Waals surface area contributed by atoms with Crippen LogP contribution >= 0.6 is 0 Å². The van der Waals surface area contributed by atoms with Crippen molar-refractivity contribution in [3.05, 3.63) is 23.8 Å². The predicted octanol–water partition coefficient (Wildman–Crippen LogP) is 2.38. The molecule has 0 fully saturated rings. The minimum atomic E-state index is 0.0419. The van der Waals surface area contributed by atoms with Crippen molar-refractivity contribution in [3.63, 3.8) is 0 Å². The first kappa shape index (κ1) is 9.27. The topological polar surface area (TPSA) is 56.4 Å². The first-order valence-electron chi connectivity index (χ1n) is 3.88. The summed E-state index contributed by atoms with van der Waals surface area (Å²) >= 11 is 0. The molecule has 13 heavy (non-hydrogen) atoms. The van der Waals surface area contributed by atoms with E-state index in [4.69, 9.17) is 5.26 Å². The van der Waals surface area contributed by atoms with E-state index >= 15 is 0 Å². The Morgan fingerprint density at radius 1 is 1.46 bits per heavy atom. The van der Waals surface area contributed by atoms with Crippen LogP contribution in [-0.2, 0) is 0 Å². The van der Waals surface area contributed by atoms with Crippen molar-refractivity contribution in [2.45, 2.75) is 13.8 Å². The molecule has 0 saturated heterocycles. The van der Waals surface area contributed by atoms with E-state index in [9.17, 15) is 5.11 Å². The van der Waals surface area contributed by atoms with E-state index in [0.717, 1.165) is 5.71 Å². The number of rotatable bonds is 1. The summed E-state index contributed by atoms with van der Waals surface area (Å²) in [6.45, 7) is 3.69. The van der Waals surface area contributed by atoms with Gasteiger partial charge in [0.15, 0.2) is 0 Å². The molecule has 0 aliphatic carbocycles. The third-order valence-electron chi connectivity index (χ3n) is 1.45. The number of nitriles is 1. The Morgan fingerprint density at radius 2 is 2.15 bits per heavy atom. The van der Waals surface area contributed by atoms with Gasteiger partial charge in [-0.1, -0.05) is 0 Å². The minimum absolute atomic E-state index is 0.0419. The van der Waals surface area contributed by atoms with Gasteiger partial charge in [-0.3, -0.25) is 4.99 Å². The molecular weight excluding hydrogens is 164 g/mol. The molecule has 0 unspecified atom stereocenters. The molecule has 0 atom stereocenters. The SMILES string of the molecule is CC(C)=Nc1ccc(C#N)cc1O. The van der Waals surface area contributed by atoms with Crippen molar-refractivity contribution in [2.75, 3.05) is 0 Å². The number of aromatic hydroxyl groups is 1. The van der Waals surface area contributed by atoms with Crippen molar-refractivity contribution >= 4 is 11.4 Å². The smallest absolute Gasteiger partial charge is 0.142 e. The fraction of sp³-hybridized carbons (Fsp3) is 0.200. The number of phenols is 1. The van der Waals surface area contributed by atoms with Gasteiger partial charge in [-0.15, -0.1) is 0 Å². The van der Waals surface area contributed by atoms with E-state index in [1.165, 1.54) is 6.07 Å². The molecule has 0 aliphatic heterocycles. The van der Waals surface area contributed by atoms with E-state index in [2.05, 4.69) is 4.99 Å². The van der Waals surface area contributed by atoms with Crippen molar-refractivity contribution in [3.8, 4) is 11.8 Å². The summed E-state index contributed by atoms with van der Waals surface area (Å²) in [6.07, 6.45) is 0. The highest BCUT2D eigenvalue weighted by Crippen LogP contribution is 2.26. The second-order valence-electron chi connectivity index (χ2n) is 2.87. The third kappa shape index (κ3) is 2.31. The second-order valence-corrected chi connectivity index (χ2v) is 2.87. The molecule has 3 nitrogen and oxygen atoms in total. The van der Waals surface area contributed by atoms with Crippen molar-refractivity contribution in [1.82, 2.24) is 0 Å². The maximum Gasteiger partial charge on any atom is 0.142 e. The summed E-state index contributed by atoms with van der Waals surface area (Å²) < 4.78 is 0. The van der Waals surface area contributed by atoms with Crippen LogP contribution in [0.3, 0.4) is 0 Å². The molecule has 0 heterocycles. The molecule has 3 heteroatoms. The molecular formula is C10H10N2O. The fourth-order valence-electron chi connectivity index (χ4n) is 0.928. The van der Waals surface area contributed by atoms with Gasteiger partial charge in [-0.25, -0.2) is 0 Å². The molecule has 0 aromatic heterocycles. The summed E-state index contributed by atoms with van der Waals surface area (Å²) in [7, 11) is 0. The number of hydrogen-bond acceptors (Lipinski definition) is 3. The third-order valence-corrected chi connectivity index (χ3v) is 1.45. The van der Waals surface area contributed by atoms with E-state index in [-0.39, 0.29) is 5.75 Å². The Labute approximate surface area is 77.0 Å². The van der Waals surface area contributed by atoms with Gasteiger partial charge in [0.2, 0.25) is 0 Å².